The average Bonchev–Trinajstić information content (AvgIpc) is 2.24. The quantitative estimate of drug-likeness (QED) is 0.528. The maximum absolute atomic E-state index is 11.6. The highest BCUT2D eigenvalue weighted by Crippen LogP contribution is 2.08. The van der Waals surface area contributed by atoms with Gasteiger partial charge >= 0.3 is 0 Å². The normalized spacial score (nSPS) is 9.81. The molecule has 5 heteroatoms. The van der Waals surface area contributed by atoms with Crippen LogP contribution in [-0.2, 0) is 4.79 Å². The predicted octanol–water partition coefficient (Wildman–Crippen LogP) is 0.971. The standard InChI is InChI=1S/C11H14N2O2S/c12-10(14)5-2-6-13-11(15)8-3-1-4-9(16)7-8/h1,3-4,7,16H,2,5-6H2,(H2,12,14)(H,13,15). The number of hydrogen-bond donors (Lipinski definition) is 3. The second-order valence-electron chi connectivity index (χ2n) is 3.38. The minimum absolute atomic E-state index is 0.166. The summed E-state index contributed by atoms with van der Waals surface area (Å²) >= 11 is 4.14. The molecule has 16 heavy (non-hydrogen) atoms. The number of hydrogen-bond acceptors (Lipinski definition) is 3. The Balaban J connectivity index is 2.38. The van der Waals surface area contributed by atoms with Crippen LogP contribution in [0, 0.1) is 0 Å². The van der Waals surface area contributed by atoms with Crippen LogP contribution < -0.4 is 11.1 Å². The molecular formula is C11H14N2O2S. The van der Waals surface area contributed by atoms with Crippen molar-refractivity contribution in [2.75, 3.05) is 6.54 Å². The lowest BCUT2D eigenvalue weighted by molar-refractivity contribution is -0.118. The lowest BCUT2D eigenvalue weighted by Crippen LogP contribution is -2.25. The summed E-state index contributed by atoms with van der Waals surface area (Å²) in [6.45, 7) is 0.443. The molecule has 1 aromatic rings. The third-order valence-electron chi connectivity index (χ3n) is 1.99. The molecule has 3 N–H and O–H groups in total. The summed E-state index contributed by atoms with van der Waals surface area (Å²) in [5, 5.41) is 2.70. The van der Waals surface area contributed by atoms with Crippen molar-refractivity contribution >= 4 is 24.4 Å². The fraction of sp³-hybridized carbons (Fsp3) is 0.273. The Morgan fingerprint density at radius 3 is 2.75 bits per heavy atom. The first-order chi connectivity index (χ1) is 7.59. The van der Waals surface area contributed by atoms with Crippen molar-refractivity contribution in [1.29, 1.82) is 0 Å². The van der Waals surface area contributed by atoms with Crippen LogP contribution in [0.5, 0.6) is 0 Å². The molecule has 0 saturated carbocycles. The first-order valence-corrected chi connectivity index (χ1v) is 5.40. The molecule has 0 bridgehead atoms. The molecule has 0 aromatic heterocycles. The fourth-order valence-corrected chi connectivity index (χ4v) is 1.44. The van der Waals surface area contributed by atoms with Gasteiger partial charge in [-0.25, -0.2) is 0 Å². The van der Waals surface area contributed by atoms with Crippen molar-refractivity contribution in [3.8, 4) is 0 Å². The van der Waals surface area contributed by atoms with Gasteiger partial charge in [-0.2, -0.15) is 0 Å². The van der Waals surface area contributed by atoms with Crippen LogP contribution in [0.25, 0.3) is 0 Å². The summed E-state index contributed by atoms with van der Waals surface area (Å²) in [6.07, 6.45) is 0.842. The Kier molecular flexibility index (Phi) is 4.85. The maximum Gasteiger partial charge on any atom is 0.251 e. The van der Waals surface area contributed by atoms with Gasteiger partial charge in [0.2, 0.25) is 5.91 Å². The van der Waals surface area contributed by atoms with E-state index < -0.39 is 0 Å². The molecule has 2 amide bonds. The zero-order chi connectivity index (χ0) is 12.0. The van der Waals surface area contributed by atoms with Gasteiger partial charge in [-0.05, 0) is 24.6 Å². The summed E-state index contributed by atoms with van der Waals surface area (Å²) in [4.78, 5) is 22.8. The van der Waals surface area contributed by atoms with Gasteiger partial charge in [-0.15, -0.1) is 12.6 Å². The molecule has 0 aliphatic rings. The molecular weight excluding hydrogens is 224 g/mol. The van der Waals surface area contributed by atoms with E-state index in [0.717, 1.165) is 4.90 Å². The number of carbonyl (C=O) groups is 2. The molecule has 4 nitrogen and oxygen atoms in total. The van der Waals surface area contributed by atoms with Crippen LogP contribution in [0.2, 0.25) is 0 Å². The van der Waals surface area contributed by atoms with Crippen LogP contribution >= 0.6 is 12.6 Å². The Morgan fingerprint density at radius 1 is 1.38 bits per heavy atom. The number of primary amides is 1. The second kappa shape index (κ2) is 6.17. The zero-order valence-corrected chi connectivity index (χ0v) is 9.67. The fourth-order valence-electron chi connectivity index (χ4n) is 1.21. The average molecular weight is 238 g/mol. The Morgan fingerprint density at radius 2 is 2.12 bits per heavy atom. The molecule has 0 saturated heterocycles. The minimum atomic E-state index is -0.355. The van der Waals surface area contributed by atoms with E-state index in [-0.39, 0.29) is 18.2 Å². The van der Waals surface area contributed by atoms with Crippen molar-refractivity contribution in [2.45, 2.75) is 17.7 Å². The summed E-state index contributed by atoms with van der Waals surface area (Å²) in [5.74, 6) is -0.521. The molecule has 0 unspecified atom stereocenters. The number of thiol groups is 1. The molecule has 0 aliphatic carbocycles. The van der Waals surface area contributed by atoms with E-state index in [9.17, 15) is 9.59 Å². The number of nitrogens with two attached hydrogens (primary N) is 1. The SMILES string of the molecule is NC(=O)CCCNC(=O)c1cccc(S)c1. The first kappa shape index (κ1) is 12.6. The Bertz CT molecular complexity index is 393. The van der Waals surface area contributed by atoms with Gasteiger partial charge in [-0.1, -0.05) is 6.07 Å². The number of amides is 2. The topological polar surface area (TPSA) is 72.2 Å². The van der Waals surface area contributed by atoms with E-state index in [4.69, 9.17) is 5.73 Å². The van der Waals surface area contributed by atoms with Gasteiger partial charge < -0.3 is 11.1 Å². The molecule has 0 fully saturated rings. The first-order valence-electron chi connectivity index (χ1n) is 4.95. The van der Waals surface area contributed by atoms with Gasteiger partial charge in [0.15, 0.2) is 0 Å². The van der Waals surface area contributed by atoms with Crippen molar-refractivity contribution < 1.29 is 9.59 Å². The smallest absolute Gasteiger partial charge is 0.251 e. The van der Waals surface area contributed by atoms with Crippen LogP contribution in [0.4, 0.5) is 0 Å². The van der Waals surface area contributed by atoms with Gasteiger partial charge in [0.1, 0.15) is 0 Å². The molecule has 0 spiro atoms. The van der Waals surface area contributed by atoms with E-state index in [1.54, 1.807) is 24.3 Å². The molecule has 0 aliphatic heterocycles. The third-order valence-corrected chi connectivity index (χ3v) is 2.27. The van der Waals surface area contributed by atoms with E-state index in [1.807, 2.05) is 0 Å². The maximum atomic E-state index is 11.6. The van der Waals surface area contributed by atoms with Crippen LogP contribution in [0.1, 0.15) is 23.2 Å². The largest absolute Gasteiger partial charge is 0.370 e. The van der Waals surface area contributed by atoms with Crippen molar-refractivity contribution in [3.63, 3.8) is 0 Å². The third kappa shape index (κ3) is 4.35. The molecule has 1 rings (SSSR count). The Labute approximate surface area is 99.6 Å². The van der Waals surface area contributed by atoms with Crippen LogP contribution in [0.3, 0.4) is 0 Å². The van der Waals surface area contributed by atoms with Crippen molar-refractivity contribution in [3.05, 3.63) is 29.8 Å². The summed E-state index contributed by atoms with van der Waals surface area (Å²) in [6, 6.07) is 6.96. The highest BCUT2D eigenvalue weighted by atomic mass is 32.1. The van der Waals surface area contributed by atoms with E-state index >= 15 is 0 Å². The van der Waals surface area contributed by atoms with Gasteiger partial charge in [0, 0.05) is 23.4 Å². The zero-order valence-electron chi connectivity index (χ0n) is 8.77. The van der Waals surface area contributed by atoms with Gasteiger partial charge in [0.25, 0.3) is 5.91 Å². The summed E-state index contributed by atoms with van der Waals surface area (Å²) < 4.78 is 0. The van der Waals surface area contributed by atoms with Crippen molar-refractivity contribution in [1.82, 2.24) is 5.32 Å². The lowest BCUT2D eigenvalue weighted by Gasteiger charge is -2.04. The van der Waals surface area contributed by atoms with E-state index in [2.05, 4.69) is 17.9 Å². The molecule has 0 radical (unpaired) electrons. The molecule has 0 heterocycles. The minimum Gasteiger partial charge on any atom is -0.370 e. The van der Waals surface area contributed by atoms with Crippen LogP contribution in [-0.4, -0.2) is 18.4 Å². The molecule has 1 aromatic carbocycles. The summed E-state index contributed by atoms with van der Waals surface area (Å²) in [5.41, 5.74) is 5.54. The number of benzene rings is 1. The van der Waals surface area contributed by atoms with Gasteiger partial charge in [-0.3, -0.25) is 9.59 Å². The predicted molar refractivity (Wildman–Crippen MR) is 64.5 cm³/mol. The van der Waals surface area contributed by atoms with E-state index in [0.29, 0.717) is 18.5 Å². The van der Waals surface area contributed by atoms with Crippen molar-refractivity contribution in [2.24, 2.45) is 5.73 Å². The molecule has 0 atom stereocenters. The number of nitrogens with one attached hydrogen (secondary N) is 1. The second-order valence-corrected chi connectivity index (χ2v) is 3.89. The summed E-state index contributed by atoms with van der Waals surface area (Å²) in [7, 11) is 0. The number of rotatable bonds is 5. The lowest BCUT2D eigenvalue weighted by atomic mass is 10.2. The van der Waals surface area contributed by atoms with Crippen LogP contribution in [0.15, 0.2) is 29.2 Å². The monoisotopic (exact) mass is 238 g/mol. The molecule has 86 valence electrons. The van der Waals surface area contributed by atoms with Gasteiger partial charge in [0.05, 0.1) is 0 Å². The highest BCUT2D eigenvalue weighted by molar-refractivity contribution is 7.80. The Hall–Kier alpha value is -1.49. The number of carbonyl (C=O) groups excluding carboxylic acids is 2. The van der Waals surface area contributed by atoms with E-state index in [1.165, 1.54) is 0 Å². The highest BCUT2D eigenvalue weighted by Gasteiger charge is 2.04.